The van der Waals surface area contributed by atoms with Crippen LogP contribution in [0.1, 0.15) is 33.2 Å². The van der Waals surface area contributed by atoms with Crippen molar-refractivity contribution >= 4 is 11.8 Å². The van der Waals surface area contributed by atoms with Gasteiger partial charge in [0.05, 0.1) is 17.7 Å². The number of amides is 2. The van der Waals surface area contributed by atoms with Crippen molar-refractivity contribution in [2.75, 3.05) is 14.2 Å². The number of nitrogens with two attached hydrogens (primary N) is 1. The molecule has 3 N–H and O–H groups in total. The molecule has 0 aliphatic heterocycles. The predicted molar refractivity (Wildman–Crippen MR) is 67.1 cm³/mol. The van der Waals surface area contributed by atoms with Crippen LogP contribution in [0.15, 0.2) is 17.1 Å². The third-order valence-electron chi connectivity index (χ3n) is 3.16. The zero-order chi connectivity index (χ0) is 14.2. The Labute approximate surface area is 109 Å². The zero-order valence-corrected chi connectivity index (χ0v) is 10.7. The Hall–Kier alpha value is -2.15. The SMILES string of the molecule is CNC(=O)c1cc(C(N)=O)cn([C@@H]2C[C@H]2OC)c1=O. The number of carbonyl (C=O) groups is 2. The van der Waals surface area contributed by atoms with E-state index in [-0.39, 0.29) is 23.3 Å². The van der Waals surface area contributed by atoms with E-state index in [0.717, 1.165) is 0 Å². The minimum atomic E-state index is -0.687. The van der Waals surface area contributed by atoms with E-state index in [1.54, 1.807) is 7.11 Å². The molecule has 1 heterocycles. The summed E-state index contributed by atoms with van der Waals surface area (Å²) in [5.74, 6) is -1.23. The molecule has 0 saturated heterocycles. The van der Waals surface area contributed by atoms with Gasteiger partial charge in [-0.1, -0.05) is 0 Å². The van der Waals surface area contributed by atoms with Gasteiger partial charge in [-0.05, 0) is 12.5 Å². The number of primary amides is 1. The van der Waals surface area contributed by atoms with Crippen molar-refractivity contribution in [3.05, 3.63) is 33.7 Å². The molecule has 2 amide bonds. The summed E-state index contributed by atoms with van der Waals surface area (Å²) in [4.78, 5) is 35.1. The lowest BCUT2D eigenvalue weighted by Gasteiger charge is -2.09. The smallest absolute Gasteiger partial charge is 0.263 e. The number of rotatable bonds is 4. The standard InChI is InChI=1S/C12H15N3O4/c1-14-11(17)7-3-6(10(13)16)5-15(12(7)18)8-4-9(8)19-2/h3,5,8-9H,4H2,1-2H3,(H2,13,16)(H,14,17)/t8-,9-/m1/s1. The highest BCUT2D eigenvalue weighted by Gasteiger charge is 2.40. The van der Waals surface area contributed by atoms with E-state index in [1.165, 1.54) is 23.9 Å². The van der Waals surface area contributed by atoms with E-state index in [9.17, 15) is 14.4 Å². The first-order valence-corrected chi connectivity index (χ1v) is 5.80. The average molecular weight is 265 g/mol. The van der Waals surface area contributed by atoms with E-state index in [0.29, 0.717) is 6.42 Å². The summed E-state index contributed by atoms with van der Waals surface area (Å²) in [5, 5.41) is 2.36. The molecule has 1 aromatic heterocycles. The molecule has 0 radical (unpaired) electrons. The molecule has 2 rings (SSSR count). The van der Waals surface area contributed by atoms with Crippen LogP contribution in [0.5, 0.6) is 0 Å². The summed E-state index contributed by atoms with van der Waals surface area (Å²) in [6.07, 6.45) is 1.98. The average Bonchev–Trinajstić information content (AvgIpc) is 3.17. The maximum Gasteiger partial charge on any atom is 0.263 e. The molecule has 1 aromatic rings. The molecule has 1 aliphatic carbocycles. The Morgan fingerprint density at radius 3 is 2.68 bits per heavy atom. The first-order valence-electron chi connectivity index (χ1n) is 5.80. The fourth-order valence-corrected chi connectivity index (χ4v) is 1.99. The Balaban J connectivity index is 2.54. The molecular formula is C12H15N3O4. The van der Waals surface area contributed by atoms with Crippen LogP contribution in [-0.4, -0.2) is 36.6 Å². The minimum absolute atomic E-state index is 0.0710. The summed E-state index contributed by atoms with van der Waals surface area (Å²) in [5.41, 5.74) is 4.79. The molecule has 2 atom stereocenters. The number of pyridine rings is 1. The fourth-order valence-electron chi connectivity index (χ4n) is 1.99. The maximum atomic E-state index is 12.2. The lowest BCUT2D eigenvalue weighted by atomic mass is 10.1. The van der Waals surface area contributed by atoms with Crippen molar-refractivity contribution < 1.29 is 14.3 Å². The second-order valence-electron chi connectivity index (χ2n) is 4.38. The predicted octanol–water partition coefficient (Wildman–Crippen LogP) is -0.733. The molecule has 7 heteroatoms. The first kappa shape index (κ1) is 13.3. The van der Waals surface area contributed by atoms with Gasteiger partial charge in [0.2, 0.25) is 5.91 Å². The number of nitrogens with zero attached hydrogens (tertiary/aromatic N) is 1. The van der Waals surface area contributed by atoms with E-state index in [1.807, 2.05) is 0 Å². The highest BCUT2D eigenvalue weighted by molar-refractivity contribution is 5.98. The molecule has 19 heavy (non-hydrogen) atoms. The Morgan fingerprint density at radius 1 is 1.53 bits per heavy atom. The summed E-state index contributed by atoms with van der Waals surface area (Å²) in [6.45, 7) is 0. The molecule has 102 valence electrons. The summed E-state index contributed by atoms with van der Waals surface area (Å²) >= 11 is 0. The third kappa shape index (κ3) is 2.37. The monoisotopic (exact) mass is 265 g/mol. The quantitative estimate of drug-likeness (QED) is 0.748. The number of nitrogens with one attached hydrogen (secondary N) is 1. The van der Waals surface area contributed by atoms with Crippen molar-refractivity contribution in [3.8, 4) is 0 Å². The van der Waals surface area contributed by atoms with Crippen molar-refractivity contribution in [1.82, 2.24) is 9.88 Å². The molecule has 1 aliphatic rings. The Kier molecular flexibility index (Phi) is 3.39. The van der Waals surface area contributed by atoms with Crippen LogP contribution >= 0.6 is 0 Å². The number of hydrogen-bond acceptors (Lipinski definition) is 4. The molecule has 0 bridgehead atoms. The van der Waals surface area contributed by atoms with Crippen LogP contribution in [0.25, 0.3) is 0 Å². The second kappa shape index (κ2) is 4.85. The van der Waals surface area contributed by atoms with Gasteiger partial charge < -0.3 is 20.4 Å². The van der Waals surface area contributed by atoms with E-state index < -0.39 is 17.4 Å². The van der Waals surface area contributed by atoms with Gasteiger partial charge >= 0.3 is 0 Å². The van der Waals surface area contributed by atoms with Gasteiger partial charge in [-0.3, -0.25) is 14.4 Å². The van der Waals surface area contributed by atoms with Crippen molar-refractivity contribution in [2.24, 2.45) is 5.73 Å². The van der Waals surface area contributed by atoms with Crippen LogP contribution in [0.4, 0.5) is 0 Å². The fraction of sp³-hybridized carbons (Fsp3) is 0.417. The van der Waals surface area contributed by atoms with Crippen molar-refractivity contribution in [1.29, 1.82) is 0 Å². The van der Waals surface area contributed by atoms with Crippen LogP contribution in [0.3, 0.4) is 0 Å². The lowest BCUT2D eigenvalue weighted by Crippen LogP contribution is -2.33. The van der Waals surface area contributed by atoms with E-state index >= 15 is 0 Å². The molecule has 0 aromatic carbocycles. The van der Waals surface area contributed by atoms with Crippen molar-refractivity contribution in [3.63, 3.8) is 0 Å². The van der Waals surface area contributed by atoms with Gasteiger partial charge in [-0.15, -0.1) is 0 Å². The van der Waals surface area contributed by atoms with Crippen LogP contribution in [0, 0.1) is 0 Å². The van der Waals surface area contributed by atoms with Gasteiger partial charge in [0, 0.05) is 20.4 Å². The molecule has 0 unspecified atom stereocenters. The molecule has 1 fully saturated rings. The molecule has 7 nitrogen and oxygen atoms in total. The summed E-state index contributed by atoms with van der Waals surface area (Å²) in [7, 11) is 2.96. The Bertz CT molecular complexity index is 593. The second-order valence-corrected chi connectivity index (χ2v) is 4.38. The van der Waals surface area contributed by atoms with Gasteiger partial charge in [-0.2, -0.15) is 0 Å². The maximum absolute atomic E-state index is 12.2. The van der Waals surface area contributed by atoms with E-state index in [2.05, 4.69) is 5.32 Å². The molecule has 1 saturated carbocycles. The number of methoxy groups -OCH3 is 1. The number of aromatic nitrogens is 1. The normalized spacial score (nSPS) is 20.9. The topological polar surface area (TPSA) is 103 Å². The van der Waals surface area contributed by atoms with Gasteiger partial charge in [0.25, 0.3) is 11.5 Å². The largest absolute Gasteiger partial charge is 0.379 e. The third-order valence-corrected chi connectivity index (χ3v) is 3.16. The highest BCUT2D eigenvalue weighted by Crippen LogP contribution is 2.37. The highest BCUT2D eigenvalue weighted by atomic mass is 16.5. The number of ether oxygens (including phenoxy) is 1. The minimum Gasteiger partial charge on any atom is -0.379 e. The number of hydrogen-bond donors (Lipinski definition) is 2. The van der Waals surface area contributed by atoms with Crippen molar-refractivity contribution in [2.45, 2.75) is 18.6 Å². The van der Waals surface area contributed by atoms with Gasteiger partial charge in [0.15, 0.2) is 0 Å². The first-order chi connectivity index (χ1) is 8.99. The molecular weight excluding hydrogens is 250 g/mol. The summed E-state index contributed by atoms with van der Waals surface area (Å²) in [6, 6.07) is 1.06. The summed E-state index contributed by atoms with van der Waals surface area (Å²) < 4.78 is 6.48. The Morgan fingerprint density at radius 2 is 2.21 bits per heavy atom. The molecule has 0 spiro atoms. The number of carbonyl (C=O) groups excluding carboxylic acids is 2. The van der Waals surface area contributed by atoms with Crippen LogP contribution in [0.2, 0.25) is 0 Å². The zero-order valence-electron chi connectivity index (χ0n) is 10.7. The van der Waals surface area contributed by atoms with Gasteiger partial charge in [-0.25, -0.2) is 0 Å². The van der Waals surface area contributed by atoms with Gasteiger partial charge in [0.1, 0.15) is 5.56 Å². The lowest BCUT2D eigenvalue weighted by molar-refractivity contribution is 0.0960. The van der Waals surface area contributed by atoms with E-state index in [4.69, 9.17) is 10.5 Å². The van der Waals surface area contributed by atoms with Crippen LogP contribution < -0.4 is 16.6 Å². The van der Waals surface area contributed by atoms with Crippen LogP contribution in [-0.2, 0) is 4.74 Å².